The zero-order chi connectivity index (χ0) is 11.8. The van der Waals surface area contributed by atoms with E-state index in [9.17, 15) is 9.18 Å². The Kier molecular flexibility index (Phi) is 3.73. The van der Waals surface area contributed by atoms with E-state index < -0.39 is 5.82 Å². The van der Waals surface area contributed by atoms with E-state index in [2.05, 4.69) is 5.32 Å². The highest BCUT2D eigenvalue weighted by molar-refractivity contribution is 5.97. The lowest BCUT2D eigenvalue weighted by Crippen LogP contribution is -2.54. The number of amides is 1. The van der Waals surface area contributed by atoms with Crippen molar-refractivity contribution in [3.8, 4) is 5.75 Å². The van der Waals surface area contributed by atoms with Gasteiger partial charge in [0.05, 0.1) is 11.6 Å². The first-order chi connectivity index (χ1) is 8.25. The van der Waals surface area contributed by atoms with Crippen LogP contribution in [0.2, 0.25) is 0 Å². The van der Waals surface area contributed by atoms with Crippen LogP contribution in [0.15, 0.2) is 18.2 Å². The minimum atomic E-state index is -0.408. The summed E-state index contributed by atoms with van der Waals surface area (Å²) in [5.41, 5.74) is 0.328. The molecule has 0 aliphatic carbocycles. The summed E-state index contributed by atoms with van der Waals surface area (Å²) in [6, 6.07) is 4.12. The average Bonchev–Trinajstić information content (AvgIpc) is 2.49. The van der Waals surface area contributed by atoms with E-state index in [-0.39, 0.29) is 24.4 Å². The smallest absolute Gasteiger partial charge is 0.258 e. The highest BCUT2D eigenvalue weighted by Gasteiger charge is 2.32. The molecule has 1 fully saturated rings. The third-order valence-corrected chi connectivity index (χ3v) is 3.21. The monoisotopic (exact) mass is 272 g/mol. The van der Waals surface area contributed by atoms with Gasteiger partial charge >= 0.3 is 0 Å². The number of nitrogens with zero attached hydrogens (tertiary/aromatic N) is 1. The van der Waals surface area contributed by atoms with Gasteiger partial charge in [0.2, 0.25) is 0 Å². The van der Waals surface area contributed by atoms with Gasteiger partial charge in [0.15, 0.2) is 0 Å². The molecule has 4 nitrogen and oxygen atoms in total. The van der Waals surface area contributed by atoms with Crippen molar-refractivity contribution in [3.05, 3.63) is 29.6 Å². The van der Waals surface area contributed by atoms with Crippen LogP contribution >= 0.6 is 12.4 Å². The number of rotatable bonds is 0. The van der Waals surface area contributed by atoms with E-state index in [0.29, 0.717) is 24.5 Å². The number of piperazine rings is 1. The predicted molar refractivity (Wildman–Crippen MR) is 66.8 cm³/mol. The standard InChI is InChI=1S/C12H13FN2O2.ClH/c13-8-1-2-11-10(5-8)12(16)15-4-3-14-6-9(15)7-17-11;/h1-2,5,9,14H,3-4,6-7H2;1H. The molecular formula is C12H14ClFN2O2. The molecule has 6 heteroatoms. The number of nitrogens with one attached hydrogen (secondary N) is 1. The summed E-state index contributed by atoms with van der Waals surface area (Å²) in [6.45, 7) is 2.59. The van der Waals surface area contributed by atoms with Crippen LogP contribution in [0.25, 0.3) is 0 Å². The Morgan fingerprint density at radius 3 is 3.11 bits per heavy atom. The lowest BCUT2D eigenvalue weighted by molar-refractivity contribution is 0.0606. The number of ether oxygens (including phenoxy) is 1. The average molecular weight is 273 g/mol. The molecule has 1 saturated heterocycles. The zero-order valence-electron chi connectivity index (χ0n) is 9.69. The molecule has 1 atom stereocenters. The normalized spacial score (nSPS) is 22.2. The van der Waals surface area contributed by atoms with Crippen molar-refractivity contribution in [1.82, 2.24) is 10.2 Å². The molecule has 0 spiro atoms. The molecule has 0 aromatic heterocycles. The molecular weight excluding hydrogens is 259 g/mol. The Morgan fingerprint density at radius 1 is 1.44 bits per heavy atom. The summed E-state index contributed by atoms with van der Waals surface area (Å²) in [4.78, 5) is 14.0. The molecule has 98 valence electrons. The second-order valence-corrected chi connectivity index (χ2v) is 4.31. The van der Waals surface area contributed by atoms with E-state index in [0.717, 1.165) is 13.1 Å². The van der Waals surface area contributed by atoms with Gasteiger partial charge in [0, 0.05) is 19.6 Å². The first-order valence-electron chi connectivity index (χ1n) is 5.70. The number of fused-ring (bicyclic) bond motifs is 2. The molecule has 1 aromatic rings. The molecule has 3 rings (SSSR count). The number of carbonyl (C=O) groups excluding carboxylic acids is 1. The lowest BCUT2D eigenvalue weighted by Gasteiger charge is -2.33. The molecule has 1 aromatic carbocycles. The van der Waals surface area contributed by atoms with Gasteiger partial charge in [-0.3, -0.25) is 4.79 Å². The van der Waals surface area contributed by atoms with E-state index in [1.807, 2.05) is 0 Å². The van der Waals surface area contributed by atoms with Crippen LogP contribution < -0.4 is 10.1 Å². The quantitative estimate of drug-likeness (QED) is 0.768. The van der Waals surface area contributed by atoms with Crippen LogP contribution in [-0.4, -0.2) is 43.1 Å². The minimum absolute atomic E-state index is 0. The fourth-order valence-electron chi connectivity index (χ4n) is 2.31. The Morgan fingerprint density at radius 2 is 2.28 bits per heavy atom. The van der Waals surface area contributed by atoms with Gasteiger partial charge in [-0.2, -0.15) is 0 Å². The van der Waals surface area contributed by atoms with Crippen LogP contribution in [0.1, 0.15) is 10.4 Å². The van der Waals surface area contributed by atoms with E-state index in [4.69, 9.17) is 4.74 Å². The van der Waals surface area contributed by atoms with Gasteiger partial charge in [-0.25, -0.2) is 4.39 Å². The molecule has 2 aliphatic rings. The Labute approximate surface area is 111 Å². The predicted octanol–water partition coefficient (Wildman–Crippen LogP) is 1.05. The van der Waals surface area contributed by atoms with Gasteiger partial charge in [0.1, 0.15) is 18.2 Å². The van der Waals surface area contributed by atoms with Crippen LogP contribution in [0, 0.1) is 5.82 Å². The van der Waals surface area contributed by atoms with Gasteiger partial charge in [-0.1, -0.05) is 0 Å². The fraction of sp³-hybridized carbons (Fsp3) is 0.417. The maximum Gasteiger partial charge on any atom is 0.258 e. The van der Waals surface area contributed by atoms with Gasteiger partial charge < -0.3 is 15.0 Å². The van der Waals surface area contributed by atoms with Crippen LogP contribution in [0.3, 0.4) is 0 Å². The van der Waals surface area contributed by atoms with Gasteiger partial charge in [-0.05, 0) is 18.2 Å². The summed E-state index contributed by atoms with van der Waals surface area (Å²) in [6.07, 6.45) is 0. The van der Waals surface area contributed by atoms with Crippen LogP contribution in [-0.2, 0) is 0 Å². The van der Waals surface area contributed by atoms with Crippen molar-refractivity contribution in [2.45, 2.75) is 6.04 Å². The SMILES string of the molecule is Cl.O=C1c2cc(F)ccc2OCC2CNCCN12. The Balaban J connectivity index is 0.00000120. The second-order valence-electron chi connectivity index (χ2n) is 4.31. The highest BCUT2D eigenvalue weighted by atomic mass is 35.5. The van der Waals surface area contributed by atoms with Crippen molar-refractivity contribution < 1.29 is 13.9 Å². The van der Waals surface area contributed by atoms with E-state index in [1.54, 1.807) is 4.90 Å². The molecule has 1 N–H and O–H groups in total. The van der Waals surface area contributed by atoms with Crippen molar-refractivity contribution in [2.75, 3.05) is 26.2 Å². The summed E-state index contributed by atoms with van der Waals surface area (Å²) < 4.78 is 18.8. The third-order valence-electron chi connectivity index (χ3n) is 3.21. The van der Waals surface area contributed by atoms with Crippen LogP contribution in [0.5, 0.6) is 5.75 Å². The zero-order valence-corrected chi connectivity index (χ0v) is 10.5. The summed E-state index contributed by atoms with van der Waals surface area (Å²) in [5, 5.41) is 3.22. The summed E-state index contributed by atoms with van der Waals surface area (Å²) in [5.74, 6) is -0.0661. The second kappa shape index (κ2) is 5.12. The van der Waals surface area contributed by atoms with E-state index in [1.165, 1.54) is 18.2 Å². The maximum absolute atomic E-state index is 13.2. The molecule has 1 amide bonds. The fourth-order valence-corrected chi connectivity index (χ4v) is 2.31. The van der Waals surface area contributed by atoms with Crippen molar-refractivity contribution in [1.29, 1.82) is 0 Å². The first kappa shape index (κ1) is 13.1. The topological polar surface area (TPSA) is 41.6 Å². The molecule has 0 bridgehead atoms. The third kappa shape index (κ3) is 2.15. The maximum atomic E-state index is 13.2. The minimum Gasteiger partial charge on any atom is -0.491 e. The Bertz CT molecular complexity index is 469. The molecule has 0 radical (unpaired) electrons. The molecule has 2 aliphatic heterocycles. The van der Waals surface area contributed by atoms with Crippen LogP contribution in [0.4, 0.5) is 4.39 Å². The van der Waals surface area contributed by atoms with Crippen molar-refractivity contribution in [2.24, 2.45) is 0 Å². The van der Waals surface area contributed by atoms with Crippen molar-refractivity contribution in [3.63, 3.8) is 0 Å². The highest BCUT2D eigenvalue weighted by Crippen LogP contribution is 2.26. The number of hydrogen-bond donors (Lipinski definition) is 1. The summed E-state index contributed by atoms with van der Waals surface area (Å²) >= 11 is 0. The number of benzene rings is 1. The first-order valence-corrected chi connectivity index (χ1v) is 5.70. The van der Waals surface area contributed by atoms with E-state index >= 15 is 0 Å². The molecule has 1 unspecified atom stereocenters. The number of hydrogen-bond acceptors (Lipinski definition) is 3. The molecule has 2 heterocycles. The Hall–Kier alpha value is -1.33. The largest absolute Gasteiger partial charge is 0.491 e. The summed E-state index contributed by atoms with van der Waals surface area (Å²) in [7, 11) is 0. The van der Waals surface area contributed by atoms with Crippen molar-refractivity contribution >= 4 is 18.3 Å². The molecule has 0 saturated carbocycles. The number of halogens is 2. The van der Waals surface area contributed by atoms with Gasteiger partial charge in [-0.15, -0.1) is 12.4 Å². The van der Waals surface area contributed by atoms with Gasteiger partial charge in [0.25, 0.3) is 5.91 Å². The molecule has 18 heavy (non-hydrogen) atoms. The number of carbonyl (C=O) groups is 1. The lowest BCUT2D eigenvalue weighted by atomic mass is 10.1.